The van der Waals surface area contributed by atoms with Crippen molar-refractivity contribution in [1.29, 1.82) is 0 Å². The monoisotopic (exact) mass is 248 g/mol. The van der Waals surface area contributed by atoms with Gasteiger partial charge in [-0.25, -0.2) is 9.78 Å². The zero-order chi connectivity index (χ0) is 13.0. The van der Waals surface area contributed by atoms with Crippen molar-refractivity contribution in [3.05, 3.63) is 23.4 Å². The predicted molar refractivity (Wildman–Crippen MR) is 70.8 cm³/mol. The molecule has 1 aromatic rings. The third-order valence-electron chi connectivity index (χ3n) is 3.45. The number of aromatic nitrogens is 1. The lowest BCUT2D eigenvalue weighted by molar-refractivity contribution is 0.0599. The van der Waals surface area contributed by atoms with E-state index >= 15 is 0 Å². The predicted octanol–water partition coefficient (Wildman–Crippen LogP) is 2.92. The van der Waals surface area contributed by atoms with Crippen LogP contribution in [-0.2, 0) is 4.74 Å². The van der Waals surface area contributed by atoms with E-state index in [0.717, 1.165) is 5.82 Å². The number of hydrogen-bond acceptors (Lipinski definition) is 4. The van der Waals surface area contributed by atoms with Gasteiger partial charge in [-0.05, 0) is 31.9 Å². The maximum Gasteiger partial charge on any atom is 0.339 e. The number of ether oxygens (including phenoxy) is 1. The fraction of sp³-hybridized carbons (Fsp3) is 0.571. The van der Waals surface area contributed by atoms with Gasteiger partial charge in [-0.2, -0.15) is 0 Å². The average Bonchev–Trinajstić information content (AvgIpc) is 2.39. The van der Waals surface area contributed by atoms with Gasteiger partial charge in [0.2, 0.25) is 0 Å². The molecular weight excluding hydrogens is 228 g/mol. The van der Waals surface area contributed by atoms with Crippen LogP contribution in [0.2, 0.25) is 0 Å². The molecule has 0 radical (unpaired) electrons. The summed E-state index contributed by atoms with van der Waals surface area (Å²) < 4.78 is 4.71. The van der Waals surface area contributed by atoms with E-state index in [1.54, 1.807) is 6.07 Å². The van der Waals surface area contributed by atoms with Crippen LogP contribution < -0.4 is 5.32 Å². The van der Waals surface area contributed by atoms with Gasteiger partial charge in [-0.3, -0.25) is 0 Å². The Morgan fingerprint density at radius 2 is 2.06 bits per heavy atom. The molecule has 0 aromatic carbocycles. The van der Waals surface area contributed by atoms with Crippen LogP contribution in [0.25, 0.3) is 0 Å². The molecule has 1 aliphatic carbocycles. The molecule has 0 aliphatic heterocycles. The summed E-state index contributed by atoms with van der Waals surface area (Å²) in [5, 5.41) is 3.44. The van der Waals surface area contributed by atoms with Crippen LogP contribution in [-0.4, -0.2) is 24.1 Å². The van der Waals surface area contributed by atoms with E-state index in [2.05, 4.69) is 10.3 Å². The van der Waals surface area contributed by atoms with Crippen molar-refractivity contribution in [3.8, 4) is 0 Å². The first-order valence-corrected chi connectivity index (χ1v) is 6.53. The third kappa shape index (κ3) is 3.00. The van der Waals surface area contributed by atoms with Crippen molar-refractivity contribution < 1.29 is 9.53 Å². The number of methoxy groups -OCH3 is 1. The van der Waals surface area contributed by atoms with E-state index in [0.29, 0.717) is 17.3 Å². The highest BCUT2D eigenvalue weighted by molar-refractivity contribution is 5.90. The van der Waals surface area contributed by atoms with Crippen molar-refractivity contribution >= 4 is 11.8 Å². The van der Waals surface area contributed by atoms with Crippen LogP contribution in [0.3, 0.4) is 0 Å². The first kappa shape index (κ1) is 12.9. The standard InChI is InChI=1S/C14H20N2O2/c1-10-12(14(17)18-2)8-9-13(15-10)16-11-6-4-3-5-7-11/h8-9,11H,3-7H2,1-2H3,(H,15,16). The summed E-state index contributed by atoms with van der Waals surface area (Å²) in [7, 11) is 1.38. The number of aryl methyl sites for hydroxylation is 1. The molecule has 4 nitrogen and oxygen atoms in total. The smallest absolute Gasteiger partial charge is 0.339 e. The van der Waals surface area contributed by atoms with E-state index < -0.39 is 0 Å². The van der Waals surface area contributed by atoms with Crippen LogP contribution in [0.1, 0.15) is 48.2 Å². The fourth-order valence-electron chi connectivity index (χ4n) is 2.42. The molecule has 0 spiro atoms. The van der Waals surface area contributed by atoms with Gasteiger partial charge in [-0.15, -0.1) is 0 Å². The molecular formula is C14H20N2O2. The van der Waals surface area contributed by atoms with Gasteiger partial charge in [0.25, 0.3) is 0 Å². The molecule has 1 saturated carbocycles. The number of rotatable bonds is 3. The van der Waals surface area contributed by atoms with E-state index in [1.807, 2.05) is 13.0 Å². The molecule has 1 heterocycles. The molecule has 0 bridgehead atoms. The molecule has 0 atom stereocenters. The van der Waals surface area contributed by atoms with Gasteiger partial charge in [-0.1, -0.05) is 19.3 Å². The van der Waals surface area contributed by atoms with Crippen molar-refractivity contribution in [3.63, 3.8) is 0 Å². The summed E-state index contributed by atoms with van der Waals surface area (Å²) in [6, 6.07) is 4.15. The molecule has 18 heavy (non-hydrogen) atoms. The highest BCUT2D eigenvalue weighted by Crippen LogP contribution is 2.21. The second-order valence-electron chi connectivity index (χ2n) is 4.80. The average molecular weight is 248 g/mol. The summed E-state index contributed by atoms with van der Waals surface area (Å²) in [6.07, 6.45) is 6.33. The highest BCUT2D eigenvalue weighted by Gasteiger charge is 2.15. The Bertz CT molecular complexity index is 426. The zero-order valence-corrected chi connectivity index (χ0v) is 11.0. The molecule has 1 aliphatic rings. The number of esters is 1. The van der Waals surface area contributed by atoms with Gasteiger partial charge in [0.1, 0.15) is 5.82 Å². The fourth-order valence-corrected chi connectivity index (χ4v) is 2.42. The van der Waals surface area contributed by atoms with E-state index in [9.17, 15) is 4.79 Å². The van der Waals surface area contributed by atoms with Crippen LogP contribution in [0.15, 0.2) is 12.1 Å². The number of pyridine rings is 1. The number of carbonyl (C=O) groups excluding carboxylic acids is 1. The summed E-state index contributed by atoms with van der Waals surface area (Å²) in [5.41, 5.74) is 1.24. The minimum atomic E-state index is -0.329. The molecule has 2 rings (SSSR count). The first-order valence-electron chi connectivity index (χ1n) is 6.53. The number of hydrogen-bond donors (Lipinski definition) is 1. The molecule has 0 unspecified atom stereocenters. The summed E-state index contributed by atoms with van der Waals surface area (Å²) in [4.78, 5) is 15.9. The second-order valence-corrected chi connectivity index (χ2v) is 4.80. The molecule has 1 aromatic heterocycles. The van der Waals surface area contributed by atoms with Crippen LogP contribution in [0, 0.1) is 6.92 Å². The molecule has 0 saturated heterocycles. The van der Waals surface area contributed by atoms with Gasteiger partial charge in [0.15, 0.2) is 0 Å². The minimum absolute atomic E-state index is 0.329. The second kappa shape index (κ2) is 5.85. The number of anilines is 1. The van der Waals surface area contributed by atoms with Crippen LogP contribution in [0.5, 0.6) is 0 Å². The largest absolute Gasteiger partial charge is 0.465 e. The summed E-state index contributed by atoms with van der Waals surface area (Å²) >= 11 is 0. The van der Waals surface area contributed by atoms with Crippen LogP contribution in [0.4, 0.5) is 5.82 Å². The lowest BCUT2D eigenvalue weighted by Gasteiger charge is -2.23. The Labute approximate surface area is 108 Å². The summed E-state index contributed by atoms with van der Waals surface area (Å²) in [5.74, 6) is 0.524. The lowest BCUT2D eigenvalue weighted by Crippen LogP contribution is -2.23. The van der Waals surface area contributed by atoms with Crippen LogP contribution >= 0.6 is 0 Å². The topological polar surface area (TPSA) is 51.2 Å². The summed E-state index contributed by atoms with van der Waals surface area (Å²) in [6.45, 7) is 1.83. The quantitative estimate of drug-likeness (QED) is 0.836. The van der Waals surface area contributed by atoms with Gasteiger partial charge in [0.05, 0.1) is 18.4 Å². The number of nitrogens with zero attached hydrogens (tertiary/aromatic N) is 1. The van der Waals surface area contributed by atoms with E-state index in [-0.39, 0.29) is 5.97 Å². The van der Waals surface area contributed by atoms with E-state index in [1.165, 1.54) is 39.2 Å². The first-order chi connectivity index (χ1) is 8.70. The van der Waals surface area contributed by atoms with Crippen molar-refractivity contribution in [2.45, 2.75) is 45.1 Å². The van der Waals surface area contributed by atoms with Gasteiger partial charge >= 0.3 is 5.97 Å². The normalized spacial score (nSPS) is 16.3. The SMILES string of the molecule is COC(=O)c1ccc(NC2CCCCC2)nc1C. The Morgan fingerprint density at radius 1 is 1.33 bits per heavy atom. The maximum absolute atomic E-state index is 11.5. The van der Waals surface area contributed by atoms with E-state index in [4.69, 9.17) is 4.74 Å². The molecule has 1 N–H and O–H groups in total. The minimum Gasteiger partial charge on any atom is -0.465 e. The maximum atomic E-state index is 11.5. The lowest BCUT2D eigenvalue weighted by atomic mass is 9.95. The van der Waals surface area contributed by atoms with Gasteiger partial charge < -0.3 is 10.1 Å². The number of nitrogens with one attached hydrogen (secondary N) is 1. The van der Waals surface area contributed by atoms with Crippen molar-refractivity contribution in [1.82, 2.24) is 4.98 Å². The zero-order valence-electron chi connectivity index (χ0n) is 11.0. The van der Waals surface area contributed by atoms with Crippen molar-refractivity contribution in [2.24, 2.45) is 0 Å². The Balaban J connectivity index is 2.06. The van der Waals surface area contributed by atoms with Crippen molar-refractivity contribution in [2.75, 3.05) is 12.4 Å². The Morgan fingerprint density at radius 3 is 2.67 bits per heavy atom. The molecule has 0 amide bonds. The Kier molecular flexibility index (Phi) is 4.18. The van der Waals surface area contributed by atoms with Gasteiger partial charge in [0, 0.05) is 6.04 Å². The Hall–Kier alpha value is -1.58. The highest BCUT2D eigenvalue weighted by atomic mass is 16.5. The molecule has 4 heteroatoms. The molecule has 98 valence electrons. The number of carbonyl (C=O) groups is 1. The molecule has 1 fully saturated rings. The third-order valence-corrected chi connectivity index (χ3v) is 3.45.